The maximum absolute atomic E-state index is 12.2. The molecule has 0 spiro atoms. The minimum atomic E-state index is -0.919. The Morgan fingerprint density at radius 3 is 2.41 bits per heavy atom. The lowest BCUT2D eigenvalue weighted by Crippen LogP contribution is -2.12. The number of ether oxygens (including phenoxy) is 1. The van der Waals surface area contributed by atoms with Gasteiger partial charge in [-0.25, -0.2) is 4.79 Å². The number of benzene rings is 2. The first-order valence-electron chi connectivity index (χ1n) is 8.36. The number of hydrogen-bond acceptors (Lipinski definition) is 7. The number of esters is 1. The average molecular weight is 394 g/mol. The molecule has 0 saturated carbocycles. The second kappa shape index (κ2) is 9.14. The van der Waals surface area contributed by atoms with E-state index in [1.165, 1.54) is 18.2 Å². The SMILES string of the molecule is CN(C)c1ccc(/C=C(\C#N)C(=O)OCc2ccc(C(N)=O)cc2[N+](=O)[O-])cc1. The molecule has 0 aliphatic carbocycles. The van der Waals surface area contributed by atoms with E-state index in [1.807, 2.05) is 31.1 Å². The summed E-state index contributed by atoms with van der Waals surface area (Å²) in [7, 11) is 3.77. The fourth-order valence-corrected chi connectivity index (χ4v) is 2.40. The van der Waals surface area contributed by atoms with E-state index in [2.05, 4.69) is 0 Å². The van der Waals surface area contributed by atoms with Gasteiger partial charge in [-0.15, -0.1) is 0 Å². The van der Waals surface area contributed by atoms with Gasteiger partial charge in [0.05, 0.1) is 10.5 Å². The monoisotopic (exact) mass is 394 g/mol. The molecule has 0 bridgehead atoms. The van der Waals surface area contributed by atoms with E-state index >= 15 is 0 Å². The summed E-state index contributed by atoms with van der Waals surface area (Å²) < 4.78 is 5.05. The second-order valence-electron chi connectivity index (χ2n) is 6.20. The number of nitro groups is 1. The van der Waals surface area contributed by atoms with Crippen LogP contribution in [-0.4, -0.2) is 30.9 Å². The van der Waals surface area contributed by atoms with E-state index < -0.39 is 29.1 Å². The highest BCUT2D eigenvalue weighted by atomic mass is 16.6. The van der Waals surface area contributed by atoms with Crippen LogP contribution in [0.5, 0.6) is 0 Å². The number of nitrogens with zero attached hydrogens (tertiary/aromatic N) is 3. The molecule has 9 heteroatoms. The first-order chi connectivity index (χ1) is 13.7. The summed E-state index contributed by atoms with van der Waals surface area (Å²) >= 11 is 0. The number of carbonyl (C=O) groups excluding carboxylic acids is 2. The zero-order chi connectivity index (χ0) is 21.6. The van der Waals surface area contributed by atoms with Crippen molar-refractivity contribution in [3.8, 4) is 6.07 Å². The summed E-state index contributed by atoms with van der Waals surface area (Å²) in [5.74, 6) is -1.73. The number of anilines is 1. The van der Waals surface area contributed by atoms with Crippen LogP contribution in [-0.2, 0) is 16.1 Å². The fraction of sp³-hybridized carbons (Fsp3) is 0.150. The molecule has 2 aromatic rings. The third kappa shape index (κ3) is 5.40. The number of nitro benzene ring substituents is 1. The van der Waals surface area contributed by atoms with Gasteiger partial charge in [-0.05, 0) is 35.9 Å². The smallest absolute Gasteiger partial charge is 0.349 e. The van der Waals surface area contributed by atoms with Gasteiger partial charge < -0.3 is 15.4 Å². The van der Waals surface area contributed by atoms with Crippen LogP contribution in [0.2, 0.25) is 0 Å². The second-order valence-corrected chi connectivity index (χ2v) is 6.20. The molecule has 0 aliphatic heterocycles. The van der Waals surface area contributed by atoms with E-state index in [1.54, 1.807) is 18.2 Å². The first kappa shape index (κ1) is 21.1. The van der Waals surface area contributed by atoms with Gasteiger partial charge in [0.2, 0.25) is 5.91 Å². The zero-order valence-electron chi connectivity index (χ0n) is 15.8. The molecule has 2 N–H and O–H groups in total. The Hall–Kier alpha value is -4.19. The van der Waals surface area contributed by atoms with Crippen molar-refractivity contribution in [3.63, 3.8) is 0 Å². The van der Waals surface area contributed by atoms with Crippen molar-refractivity contribution < 1.29 is 19.2 Å². The van der Waals surface area contributed by atoms with Crippen LogP contribution in [0, 0.1) is 21.4 Å². The summed E-state index contributed by atoms with van der Waals surface area (Å²) in [6, 6.07) is 12.5. The Balaban J connectivity index is 2.17. The lowest BCUT2D eigenvalue weighted by molar-refractivity contribution is -0.385. The summed E-state index contributed by atoms with van der Waals surface area (Å²) in [6.07, 6.45) is 1.37. The summed E-state index contributed by atoms with van der Waals surface area (Å²) in [5.41, 5.74) is 6.07. The van der Waals surface area contributed by atoms with Crippen molar-refractivity contribution in [2.24, 2.45) is 5.73 Å². The van der Waals surface area contributed by atoms with Crippen LogP contribution in [0.15, 0.2) is 48.0 Å². The van der Waals surface area contributed by atoms with Crippen molar-refractivity contribution in [3.05, 3.63) is 74.8 Å². The van der Waals surface area contributed by atoms with Gasteiger partial charge in [0.15, 0.2) is 0 Å². The van der Waals surface area contributed by atoms with Gasteiger partial charge in [0, 0.05) is 31.4 Å². The number of rotatable bonds is 7. The summed E-state index contributed by atoms with van der Waals surface area (Å²) in [5, 5.41) is 20.4. The molecule has 0 radical (unpaired) electrons. The van der Waals surface area contributed by atoms with Crippen LogP contribution in [0.4, 0.5) is 11.4 Å². The van der Waals surface area contributed by atoms with Gasteiger partial charge in [0.1, 0.15) is 18.2 Å². The Kier molecular flexibility index (Phi) is 6.66. The van der Waals surface area contributed by atoms with Crippen molar-refractivity contribution >= 4 is 29.3 Å². The maximum atomic E-state index is 12.2. The lowest BCUT2D eigenvalue weighted by atomic mass is 10.1. The van der Waals surface area contributed by atoms with Crippen LogP contribution >= 0.6 is 0 Å². The Morgan fingerprint density at radius 2 is 1.90 bits per heavy atom. The van der Waals surface area contributed by atoms with Crippen LogP contribution in [0.1, 0.15) is 21.5 Å². The number of nitrogens with two attached hydrogens (primary N) is 1. The molecule has 148 valence electrons. The molecular formula is C20H18N4O5. The number of nitriles is 1. The van der Waals surface area contributed by atoms with Gasteiger partial charge in [-0.3, -0.25) is 14.9 Å². The number of hydrogen-bond donors (Lipinski definition) is 1. The van der Waals surface area contributed by atoms with Gasteiger partial charge in [-0.2, -0.15) is 5.26 Å². The van der Waals surface area contributed by atoms with Crippen molar-refractivity contribution in [2.75, 3.05) is 19.0 Å². The van der Waals surface area contributed by atoms with E-state index in [0.29, 0.717) is 5.56 Å². The predicted molar refractivity (Wildman–Crippen MR) is 106 cm³/mol. The number of amides is 1. The quantitative estimate of drug-likeness (QED) is 0.250. The van der Waals surface area contributed by atoms with Crippen molar-refractivity contribution in [1.82, 2.24) is 0 Å². The highest BCUT2D eigenvalue weighted by molar-refractivity contribution is 5.98. The molecule has 0 atom stereocenters. The summed E-state index contributed by atoms with van der Waals surface area (Å²) in [4.78, 5) is 35.8. The molecular weight excluding hydrogens is 376 g/mol. The Morgan fingerprint density at radius 1 is 1.24 bits per heavy atom. The van der Waals surface area contributed by atoms with Crippen LogP contribution in [0.3, 0.4) is 0 Å². The maximum Gasteiger partial charge on any atom is 0.349 e. The highest BCUT2D eigenvalue weighted by Crippen LogP contribution is 2.22. The normalized spacial score (nSPS) is 10.7. The molecule has 0 fully saturated rings. The molecule has 9 nitrogen and oxygen atoms in total. The molecule has 0 unspecified atom stereocenters. The van der Waals surface area contributed by atoms with E-state index in [-0.39, 0.29) is 16.7 Å². The highest BCUT2D eigenvalue weighted by Gasteiger charge is 2.19. The number of primary amides is 1. The standard InChI is InChI=1S/C20H18N4O5/c1-23(2)17-7-3-13(4-8-17)9-16(11-21)20(26)29-12-15-6-5-14(19(22)25)10-18(15)24(27)28/h3-10H,12H2,1-2H3,(H2,22,25)/b16-9+. The minimum Gasteiger partial charge on any atom is -0.456 e. The lowest BCUT2D eigenvalue weighted by Gasteiger charge is -2.11. The van der Waals surface area contributed by atoms with Crippen LogP contribution in [0.25, 0.3) is 6.08 Å². The first-order valence-corrected chi connectivity index (χ1v) is 8.36. The molecule has 0 aliphatic rings. The zero-order valence-corrected chi connectivity index (χ0v) is 15.8. The Labute approximate surface area is 166 Å². The van der Waals surface area contributed by atoms with Gasteiger partial charge in [-0.1, -0.05) is 12.1 Å². The average Bonchev–Trinajstić information content (AvgIpc) is 2.70. The van der Waals surface area contributed by atoms with E-state index in [0.717, 1.165) is 11.8 Å². The van der Waals surface area contributed by atoms with E-state index in [4.69, 9.17) is 10.5 Å². The molecule has 2 aromatic carbocycles. The van der Waals surface area contributed by atoms with Gasteiger partial charge >= 0.3 is 5.97 Å². The molecule has 2 rings (SSSR count). The largest absolute Gasteiger partial charge is 0.456 e. The van der Waals surface area contributed by atoms with Crippen LogP contribution < -0.4 is 10.6 Å². The number of carbonyl (C=O) groups is 2. The Bertz CT molecular complexity index is 1020. The molecule has 0 saturated heterocycles. The fourth-order valence-electron chi connectivity index (χ4n) is 2.40. The van der Waals surface area contributed by atoms with Crippen molar-refractivity contribution in [1.29, 1.82) is 5.26 Å². The third-order valence-corrected chi connectivity index (χ3v) is 3.99. The minimum absolute atomic E-state index is 0.0365. The predicted octanol–water partition coefficient (Wildman–Crippen LogP) is 2.41. The molecule has 0 heterocycles. The third-order valence-electron chi connectivity index (χ3n) is 3.99. The van der Waals surface area contributed by atoms with E-state index in [9.17, 15) is 25.0 Å². The van der Waals surface area contributed by atoms with Gasteiger partial charge in [0.25, 0.3) is 5.69 Å². The van der Waals surface area contributed by atoms with Crippen molar-refractivity contribution in [2.45, 2.75) is 6.61 Å². The topological polar surface area (TPSA) is 140 Å². The molecule has 29 heavy (non-hydrogen) atoms. The molecule has 1 amide bonds. The summed E-state index contributed by atoms with van der Waals surface area (Å²) in [6.45, 7) is -0.438. The molecule has 0 aromatic heterocycles.